The summed E-state index contributed by atoms with van der Waals surface area (Å²) >= 11 is 0. The van der Waals surface area contributed by atoms with Crippen molar-refractivity contribution >= 4 is 15.8 Å². The van der Waals surface area contributed by atoms with Crippen molar-refractivity contribution in [1.82, 2.24) is 0 Å². The Balaban J connectivity index is 1.81. The number of hydrogen-bond acceptors (Lipinski definition) is 6. The summed E-state index contributed by atoms with van der Waals surface area (Å²) in [7, 11) is -3.95. The van der Waals surface area contributed by atoms with Crippen molar-refractivity contribution in [3.05, 3.63) is 54.1 Å². The summed E-state index contributed by atoms with van der Waals surface area (Å²) < 4.78 is 36.7. The first-order chi connectivity index (χ1) is 12.4. The molecular formula is C18H16O7S. The molecule has 0 radical (unpaired) electrons. The van der Waals surface area contributed by atoms with Gasteiger partial charge in [0.15, 0.2) is 21.3 Å². The van der Waals surface area contributed by atoms with Crippen molar-refractivity contribution in [3.8, 4) is 11.5 Å². The van der Waals surface area contributed by atoms with Crippen LogP contribution in [-0.2, 0) is 14.6 Å². The van der Waals surface area contributed by atoms with Crippen molar-refractivity contribution < 1.29 is 32.9 Å². The molecule has 1 aliphatic carbocycles. The molecule has 1 fully saturated rings. The Hall–Kier alpha value is -2.58. The molecule has 0 saturated heterocycles. The summed E-state index contributed by atoms with van der Waals surface area (Å²) in [6.07, 6.45) is 0. The van der Waals surface area contributed by atoms with E-state index < -0.39 is 39.0 Å². The predicted octanol–water partition coefficient (Wildman–Crippen LogP) is 1.42. The first-order valence-electron chi connectivity index (χ1n) is 7.95. The highest BCUT2D eigenvalue weighted by Crippen LogP contribution is 2.64. The molecule has 0 amide bonds. The third kappa shape index (κ3) is 2.22. The van der Waals surface area contributed by atoms with Gasteiger partial charge in [0.25, 0.3) is 0 Å². The molecule has 0 spiro atoms. The lowest BCUT2D eigenvalue weighted by molar-refractivity contribution is -0.145. The maximum Gasteiger partial charge on any atom is 0.314 e. The summed E-state index contributed by atoms with van der Waals surface area (Å²) in [5.41, 5.74) is -1.31. The van der Waals surface area contributed by atoms with Crippen LogP contribution in [0.15, 0.2) is 53.4 Å². The van der Waals surface area contributed by atoms with Crippen LogP contribution in [-0.4, -0.2) is 43.2 Å². The number of rotatable bonds is 5. The Labute approximate surface area is 149 Å². The Kier molecular flexibility index (Phi) is 3.71. The largest absolute Gasteiger partial charge is 0.481 e. The highest BCUT2D eigenvalue weighted by atomic mass is 32.2. The number of carboxylic acid groups (broad SMARTS) is 1. The lowest BCUT2D eigenvalue weighted by atomic mass is 10.00. The van der Waals surface area contributed by atoms with E-state index in [0.717, 1.165) is 0 Å². The Morgan fingerprint density at radius 3 is 2.46 bits per heavy atom. The van der Waals surface area contributed by atoms with Gasteiger partial charge in [0, 0.05) is 5.92 Å². The van der Waals surface area contributed by atoms with E-state index in [-0.39, 0.29) is 11.7 Å². The molecule has 2 aromatic rings. The van der Waals surface area contributed by atoms with Crippen LogP contribution in [0.3, 0.4) is 0 Å². The van der Waals surface area contributed by atoms with Crippen molar-refractivity contribution in [1.29, 1.82) is 0 Å². The molecule has 1 heterocycles. The standard InChI is InChI=1S/C18H16O7S/c19-9-18(17(20)21)15(11-6-7-13-14(8-11)25-10-24-13)16(18)26(22,23)12-4-2-1-3-5-12/h1-8,15-16,19H,9-10H2,(H,20,21). The highest BCUT2D eigenvalue weighted by Gasteiger charge is 2.75. The van der Waals surface area contributed by atoms with E-state index in [0.29, 0.717) is 17.1 Å². The zero-order valence-corrected chi connectivity index (χ0v) is 14.3. The van der Waals surface area contributed by atoms with Gasteiger partial charge >= 0.3 is 5.97 Å². The van der Waals surface area contributed by atoms with Gasteiger partial charge in [0.05, 0.1) is 16.8 Å². The van der Waals surface area contributed by atoms with Gasteiger partial charge in [0.2, 0.25) is 6.79 Å². The van der Waals surface area contributed by atoms with Crippen LogP contribution in [0.4, 0.5) is 0 Å². The number of aliphatic hydroxyl groups excluding tert-OH is 1. The molecule has 1 saturated carbocycles. The van der Waals surface area contributed by atoms with Crippen molar-refractivity contribution in [3.63, 3.8) is 0 Å². The number of carboxylic acids is 1. The second kappa shape index (κ2) is 5.72. The molecule has 26 heavy (non-hydrogen) atoms. The fraction of sp³-hybridized carbons (Fsp3) is 0.278. The van der Waals surface area contributed by atoms with Crippen LogP contribution in [0.2, 0.25) is 0 Å². The number of benzene rings is 2. The molecule has 3 atom stereocenters. The van der Waals surface area contributed by atoms with Crippen molar-refractivity contribution in [2.45, 2.75) is 16.1 Å². The van der Waals surface area contributed by atoms with Gasteiger partial charge in [-0.1, -0.05) is 24.3 Å². The maximum absolute atomic E-state index is 13.1. The molecule has 0 aromatic heterocycles. The molecule has 2 N–H and O–H groups in total. The number of hydrogen-bond donors (Lipinski definition) is 2. The van der Waals surface area contributed by atoms with E-state index in [4.69, 9.17) is 9.47 Å². The van der Waals surface area contributed by atoms with Crippen LogP contribution in [0.1, 0.15) is 11.5 Å². The second-order valence-electron chi connectivity index (χ2n) is 6.37. The molecule has 8 heteroatoms. The Morgan fingerprint density at radius 1 is 1.12 bits per heavy atom. The Morgan fingerprint density at radius 2 is 1.81 bits per heavy atom. The summed E-state index contributed by atoms with van der Waals surface area (Å²) in [4.78, 5) is 12.0. The van der Waals surface area contributed by atoms with Crippen LogP contribution >= 0.6 is 0 Å². The predicted molar refractivity (Wildman–Crippen MR) is 89.9 cm³/mol. The summed E-state index contributed by atoms with van der Waals surface area (Å²) in [6.45, 7) is -0.725. The third-order valence-electron chi connectivity index (χ3n) is 5.08. The van der Waals surface area contributed by atoms with E-state index >= 15 is 0 Å². The monoisotopic (exact) mass is 376 g/mol. The van der Waals surface area contributed by atoms with Crippen LogP contribution in [0, 0.1) is 5.41 Å². The van der Waals surface area contributed by atoms with Gasteiger partial charge in [-0.3, -0.25) is 4.79 Å². The van der Waals surface area contributed by atoms with Gasteiger partial charge in [0.1, 0.15) is 5.41 Å². The molecule has 3 unspecified atom stereocenters. The highest BCUT2D eigenvalue weighted by molar-refractivity contribution is 7.92. The average molecular weight is 376 g/mol. The number of sulfone groups is 1. The van der Waals surface area contributed by atoms with Crippen molar-refractivity contribution in [2.24, 2.45) is 5.41 Å². The fourth-order valence-electron chi connectivity index (χ4n) is 3.71. The van der Waals surface area contributed by atoms with Gasteiger partial charge in [-0.25, -0.2) is 8.42 Å². The number of ether oxygens (including phenoxy) is 2. The number of fused-ring (bicyclic) bond motifs is 1. The maximum atomic E-state index is 13.1. The summed E-state index contributed by atoms with van der Waals surface area (Å²) in [5, 5.41) is 18.3. The van der Waals surface area contributed by atoms with E-state index in [1.54, 1.807) is 36.4 Å². The molecule has 0 bridgehead atoms. The van der Waals surface area contributed by atoms with Gasteiger partial charge in [-0.05, 0) is 29.8 Å². The minimum atomic E-state index is -3.95. The average Bonchev–Trinajstić information content (AvgIpc) is 3.15. The third-order valence-corrected chi connectivity index (χ3v) is 7.37. The van der Waals surface area contributed by atoms with E-state index in [2.05, 4.69) is 0 Å². The van der Waals surface area contributed by atoms with Gasteiger partial charge < -0.3 is 19.7 Å². The lowest BCUT2D eigenvalue weighted by Gasteiger charge is -2.09. The molecule has 7 nitrogen and oxygen atoms in total. The van der Waals surface area contributed by atoms with Crippen LogP contribution < -0.4 is 9.47 Å². The molecule has 2 aromatic carbocycles. The fourth-order valence-corrected chi connectivity index (χ4v) is 6.09. The molecule has 136 valence electrons. The summed E-state index contributed by atoms with van der Waals surface area (Å²) in [5.74, 6) is -1.28. The SMILES string of the molecule is O=C(O)C1(CO)C(c2ccc3c(c2)OCO3)C1S(=O)(=O)c1ccccc1. The minimum Gasteiger partial charge on any atom is -0.481 e. The van der Waals surface area contributed by atoms with Crippen molar-refractivity contribution in [2.75, 3.05) is 13.4 Å². The van der Waals surface area contributed by atoms with Gasteiger partial charge in [-0.15, -0.1) is 0 Å². The zero-order valence-electron chi connectivity index (χ0n) is 13.5. The lowest BCUT2D eigenvalue weighted by Crippen LogP contribution is -2.27. The second-order valence-corrected chi connectivity index (χ2v) is 8.44. The van der Waals surface area contributed by atoms with E-state index in [9.17, 15) is 23.4 Å². The number of aliphatic carboxylic acids is 1. The number of aliphatic hydroxyl groups is 1. The van der Waals surface area contributed by atoms with Gasteiger partial charge in [-0.2, -0.15) is 0 Å². The smallest absolute Gasteiger partial charge is 0.314 e. The number of carbonyl (C=O) groups is 1. The van der Waals surface area contributed by atoms with E-state index in [1.165, 1.54) is 12.1 Å². The zero-order chi connectivity index (χ0) is 18.5. The minimum absolute atomic E-state index is 0.0346. The van der Waals surface area contributed by atoms with Crippen LogP contribution in [0.5, 0.6) is 11.5 Å². The molecule has 4 rings (SSSR count). The van der Waals surface area contributed by atoms with E-state index in [1.807, 2.05) is 0 Å². The topological polar surface area (TPSA) is 110 Å². The molecular weight excluding hydrogens is 360 g/mol. The first-order valence-corrected chi connectivity index (χ1v) is 9.50. The Bertz CT molecular complexity index is 970. The summed E-state index contributed by atoms with van der Waals surface area (Å²) in [6, 6.07) is 12.5. The normalized spacial score (nSPS) is 26.5. The quantitative estimate of drug-likeness (QED) is 0.812. The molecule has 2 aliphatic rings. The van der Waals surface area contributed by atoms with Crippen LogP contribution in [0.25, 0.3) is 0 Å². The first kappa shape index (κ1) is 16.9. The molecule has 1 aliphatic heterocycles.